The number of nitrogens with zero attached hydrogens (tertiary/aromatic N) is 4. The number of imide groups is 1. The quantitative estimate of drug-likeness (QED) is 0.636. The van der Waals surface area contributed by atoms with Gasteiger partial charge in [-0.2, -0.15) is 0 Å². The summed E-state index contributed by atoms with van der Waals surface area (Å²) in [6, 6.07) is 13.9. The smallest absolute Gasteiger partial charge is 0.321 e. The van der Waals surface area contributed by atoms with E-state index in [1.807, 2.05) is 24.3 Å². The van der Waals surface area contributed by atoms with E-state index in [-0.39, 0.29) is 22.9 Å². The number of rotatable bonds is 4. The fourth-order valence-electron chi connectivity index (χ4n) is 3.25. The maximum absolute atomic E-state index is 12.6. The van der Waals surface area contributed by atoms with Gasteiger partial charge in [-0.25, -0.2) is 14.5 Å². The molecule has 1 aliphatic rings. The topological polar surface area (TPSA) is 94.4 Å². The van der Waals surface area contributed by atoms with Crippen LogP contribution in [0.15, 0.2) is 48.5 Å². The van der Waals surface area contributed by atoms with Gasteiger partial charge in [-0.15, -0.1) is 5.10 Å². The lowest BCUT2D eigenvalue weighted by Gasteiger charge is -2.13. The van der Waals surface area contributed by atoms with Crippen LogP contribution in [-0.4, -0.2) is 37.6 Å². The first-order chi connectivity index (χ1) is 13.9. The van der Waals surface area contributed by atoms with Crippen molar-refractivity contribution >= 4 is 17.8 Å². The van der Waals surface area contributed by atoms with Crippen LogP contribution in [0.2, 0.25) is 0 Å². The number of carbonyl (C=O) groups is 3. The lowest BCUT2D eigenvalue weighted by Crippen LogP contribution is -2.33. The molecule has 8 nitrogen and oxygen atoms in total. The van der Waals surface area contributed by atoms with Gasteiger partial charge in [-0.3, -0.25) is 9.59 Å². The van der Waals surface area contributed by atoms with Gasteiger partial charge in [0.1, 0.15) is 5.82 Å². The SMILES string of the molecule is Cc1nc(C(=O)ON2C(=O)c3ccccc3C2=O)nn1-c1ccccc1C(C)C. The van der Waals surface area contributed by atoms with Crippen LogP contribution in [-0.2, 0) is 4.84 Å². The van der Waals surface area contributed by atoms with Gasteiger partial charge in [0.15, 0.2) is 0 Å². The Morgan fingerprint density at radius 3 is 2.17 bits per heavy atom. The van der Waals surface area contributed by atoms with E-state index in [1.165, 1.54) is 12.1 Å². The molecule has 0 bridgehead atoms. The van der Waals surface area contributed by atoms with Crippen LogP contribution in [0.3, 0.4) is 0 Å². The van der Waals surface area contributed by atoms with Gasteiger partial charge in [0.05, 0.1) is 16.8 Å². The highest BCUT2D eigenvalue weighted by atomic mass is 16.7. The number of benzene rings is 2. The fraction of sp³-hybridized carbons (Fsp3) is 0.190. The summed E-state index contributed by atoms with van der Waals surface area (Å²) in [6.45, 7) is 5.83. The van der Waals surface area contributed by atoms with Crippen molar-refractivity contribution in [2.75, 3.05) is 0 Å². The first kappa shape index (κ1) is 18.5. The summed E-state index contributed by atoms with van der Waals surface area (Å²) >= 11 is 0. The summed E-state index contributed by atoms with van der Waals surface area (Å²) in [4.78, 5) is 46.5. The number of aryl methyl sites for hydroxylation is 1. The lowest BCUT2D eigenvalue weighted by molar-refractivity contribution is -0.0592. The monoisotopic (exact) mass is 390 g/mol. The number of fused-ring (bicyclic) bond motifs is 1. The maximum Gasteiger partial charge on any atom is 0.403 e. The lowest BCUT2D eigenvalue weighted by atomic mass is 10.0. The second-order valence-corrected chi connectivity index (χ2v) is 6.94. The van der Waals surface area contributed by atoms with Crippen LogP contribution in [0.5, 0.6) is 0 Å². The highest BCUT2D eigenvalue weighted by Crippen LogP contribution is 2.25. The van der Waals surface area contributed by atoms with E-state index in [0.29, 0.717) is 10.9 Å². The molecule has 2 amide bonds. The van der Waals surface area contributed by atoms with Crippen LogP contribution in [0.4, 0.5) is 0 Å². The van der Waals surface area contributed by atoms with Gasteiger partial charge >= 0.3 is 5.97 Å². The van der Waals surface area contributed by atoms with E-state index < -0.39 is 17.8 Å². The molecule has 0 N–H and O–H groups in total. The maximum atomic E-state index is 12.6. The fourth-order valence-corrected chi connectivity index (χ4v) is 3.25. The molecule has 0 atom stereocenters. The van der Waals surface area contributed by atoms with Crippen molar-refractivity contribution in [3.05, 3.63) is 76.9 Å². The molecule has 8 heteroatoms. The molecule has 1 aromatic heterocycles. The van der Waals surface area contributed by atoms with Gasteiger partial charge in [-0.05, 0) is 36.6 Å². The zero-order valence-electron chi connectivity index (χ0n) is 16.1. The van der Waals surface area contributed by atoms with Crippen molar-refractivity contribution in [2.45, 2.75) is 26.7 Å². The third kappa shape index (κ3) is 3.08. The summed E-state index contributed by atoms with van der Waals surface area (Å²) in [6.07, 6.45) is 0. The van der Waals surface area contributed by atoms with Gasteiger partial charge in [0.25, 0.3) is 17.6 Å². The van der Waals surface area contributed by atoms with E-state index in [2.05, 4.69) is 23.9 Å². The van der Waals surface area contributed by atoms with E-state index in [4.69, 9.17) is 4.84 Å². The molecular formula is C21H18N4O4. The van der Waals surface area contributed by atoms with Crippen molar-refractivity contribution in [3.8, 4) is 5.69 Å². The number of carbonyl (C=O) groups excluding carboxylic acids is 3. The Morgan fingerprint density at radius 1 is 0.966 bits per heavy atom. The average Bonchev–Trinajstić information content (AvgIpc) is 3.22. The average molecular weight is 390 g/mol. The minimum atomic E-state index is -0.983. The van der Waals surface area contributed by atoms with Crippen LogP contribution < -0.4 is 0 Å². The number of para-hydroxylation sites is 1. The molecule has 0 spiro atoms. The molecule has 29 heavy (non-hydrogen) atoms. The molecular weight excluding hydrogens is 372 g/mol. The van der Waals surface area contributed by atoms with E-state index in [9.17, 15) is 14.4 Å². The minimum Gasteiger partial charge on any atom is -0.321 e. The number of aromatic nitrogens is 3. The number of hydrogen-bond acceptors (Lipinski definition) is 6. The molecule has 0 saturated heterocycles. The highest BCUT2D eigenvalue weighted by Gasteiger charge is 2.39. The molecule has 0 fully saturated rings. The second-order valence-electron chi connectivity index (χ2n) is 6.94. The third-order valence-electron chi connectivity index (χ3n) is 4.67. The second kappa shape index (κ2) is 6.97. The Hall–Kier alpha value is -3.81. The molecule has 4 rings (SSSR count). The Balaban J connectivity index is 1.62. The summed E-state index contributed by atoms with van der Waals surface area (Å²) < 4.78 is 1.55. The normalized spacial score (nSPS) is 13.2. The molecule has 0 unspecified atom stereocenters. The Morgan fingerprint density at radius 2 is 1.55 bits per heavy atom. The van der Waals surface area contributed by atoms with Crippen LogP contribution >= 0.6 is 0 Å². The summed E-state index contributed by atoms with van der Waals surface area (Å²) in [5, 5.41) is 4.70. The van der Waals surface area contributed by atoms with E-state index >= 15 is 0 Å². The van der Waals surface area contributed by atoms with Crippen LogP contribution in [0.1, 0.15) is 62.5 Å². The molecule has 3 aromatic rings. The Bertz CT molecular complexity index is 1110. The minimum absolute atomic E-state index is 0.186. The van der Waals surface area contributed by atoms with E-state index in [0.717, 1.165) is 11.3 Å². The molecule has 1 aliphatic heterocycles. The summed E-state index contributed by atoms with van der Waals surface area (Å²) in [5.41, 5.74) is 2.21. The predicted molar refractivity (Wildman–Crippen MR) is 103 cm³/mol. The largest absolute Gasteiger partial charge is 0.403 e. The van der Waals surface area contributed by atoms with Gasteiger partial charge in [0.2, 0.25) is 0 Å². The van der Waals surface area contributed by atoms with Crippen molar-refractivity contribution in [2.24, 2.45) is 0 Å². The van der Waals surface area contributed by atoms with Crippen molar-refractivity contribution < 1.29 is 19.2 Å². The molecule has 2 aromatic carbocycles. The van der Waals surface area contributed by atoms with Crippen LogP contribution in [0, 0.1) is 6.92 Å². The van der Waals surface area contributed by atoms with Crippen molar-refractivity contribution in [3.63, 3.8) is 0 Å². The molecule has 0 radical (unpaired) electrons. The zero-order chi connectivity index (χ0) is 20.7. The molecule has 0 saturated carbocycles. The van der Waals surface area contributed by atoms with Gasteiger partial charge in [0, 0.05) is 0 Å². The number of hydrogen-bond donors (Lipinski definition) is 0. The third-order valence-corrected chi connectivity index (χ3v) is 4.67. The van der Waals surface area contributed by atoms with Gasteiger partial charge < -0.3 is 4.84 Å². The van der Waals surface area contributed by atoms with Crippen LogP contribution in [0.25, 0.3) is 5.69 Å². The first-order valence-corrected chi connectivity index (χ1v) is 9.11. The first-order valence-electron chi connectivity index (χ1n) is 9.11. The molecule has 2 heterocycles. The summed E-state index contributed by atoms with van der Waals surface area (Å²) in [5.74, 6) is -1.89. The Labute approximate surface area is 166 Å². The number of hydroxylamine groups is 2. The van der Waals surface area contributed by atoms with Crippen molar-refractivity contribution in [1.29, 1.82) is 0 Å². The van der Waals surface area contributed by atoms with Crippen molar-refractivity contribution in [1.82, 2.24) is 19.8 Å². The predicted octanol–water partition coefficient (Wildman–Crippen LogP) is 3.07. The molecule has 0 aliphatic carbocycles. The number of amides is 2. The Kier molecular flexibility index (Phi) is 4.46. The highest BCUT2D eigenvalue weighted by molar-refractivity contribution is 6.21. The standard InChI is InChI=1S/C21H18N4O4/c1-12(2)14-8-6-7-11-17(14)24-13(3)22-18(23-24)21(28)29-25-19(26)15-9-4-5-10-16(15)20(25)27/h4-12H,1-3H3. The summed E-state index contributed by atoms with van der Waals surface area (Å²) in [7, 11) is 0. The zero-order valence-corrected chi connectivity index (χ0v) is 16.1. The van der Waals surface area contributed by atoms with Gasteiger partial charge in [-0.1, -0.05) is 49.2 Å². The molecule has 146 valence electrons. The van der Waals surface area contributed by atoms with E-state index in [1.54, 1.807) is 23.7 Å².